The molecule has 0 aromatic carbocycles. The highest BCUT2D eigenvalue weighted by atomic mass is 16.2. The number of nitrogens with zero attached hydrogens (tertiary/aromatic N) is 1. The molecule has 1 rings (SSSR count). The Kier molecular flexibility index (Phi) is 7.35. The lowest BCUT2D eigenvalue weighted by atomic mass is 10.1. The van der Waals surface area contributed by atoms with Crippen molar-refractivity contribution in [1.82, 2.24) is 4.90 Å². The molecule has 1 heterocycles. The van der Waals surface area contributed by atoms with E-state index in [0.29, 0.717) is 5.91 Å². The molecule has 1 saturated heterocycles. The standard InChI is InChI=1S/C18H29NO/c1-15(2)7-5-8-16(3)9-6-10-17(4)11-13-19-14-12-18(19)20/h7,9,11H,5-6,8,10,12-14H2,1-4H3/b16-9+,17-11+. The fraction of sp³-hybridized carbons (Fsp3) is 0.611. The average molecular weight is 275 g/mol. The summed E-state index contributed by atoms with van der Waals surface area (Å²) >= 11 is 0. The van der Waals surface area contributed by atoms with Gasteiger partial charge in [-0.3, -0.25) is 4.79 Å². The Hall–Kier alpha value is -1.31. The van der Waals surface area contributed by atoms with Gasteiger partial charge in [-0.15, -0.1) is 0 Å². The second-order valence-corrected chi connectivity index (χ2v) is 6.05. The van der Waals surface area contributed by atoms with E-state index in [4.69, 9.17) is 0 Å². The van der Waals surface area contributed by atoms with Gasteiger partial charge in [0, 0.05) is 19.5 Å². The summed E-state index contributed by atoms with van der Waals surface area (Å²) in [7, 11) is 0. The molecular weight excluding hydrogens is 246 g/mol. The summed E-state index contributed by atoms with van der Waals surface area (Å²) in [6.07, 6.45) is 12.1. The SMILES string of the molecule is CC(C)=CCC/C(C)=C/CC/C(C)=C/CN1CCC1=O. The quantitative estimate of drug-likeness (QED) is 0.467. The van der Waals surface area contributed by atoms with Crippen LogP contribution in [0.15, 0.2) is 34.9 Å². The molecule has 112 valence electrons. The smallest absolute Gasteiger partial charge is 0.224 e. The van der Waals surface area contributed by atoms with Gasteiger partial charge in [-0.25, -0.2) is 0 Å². The van der Waals surface area contributed by atoms with Crippen LogP contribution in [-0.2, 0) is 4.79 Å². The van der Waals surface area contributed by atoms with Crippen molar-refractivity contribution in [2.24, 2.45) is 0 Å². The topological polar surface area (TPSA) is 20.3 Å². The molecule has 0 aromatic rings. The van der Waals surface area contributed by atoms with E-state index in [1.807, 2.05) is 4.90 Å². The van der Waals surface area contributed by atoms with Crippen molar-refractivity contribution in [2.75, 3.05) is 13.1 Å². The first-order valence-corrected chi connectivity index (χ1v) is 7.71. The van der Waals surface area contributed by atoms with Crippen molar-refractivity contribution in [2.45, 2.75) is 59.8 Å². The van der Waals surface area contributed by atoms with Gasteiger partial charge in [0.1, 0.15) is 0 Å². The van der Waals surface area contributed by atoms with Crippen LogP contribution < -0.4 is 0 Å². The van der Waals surface area contributed by atoms with E-state index < -0.39 is 0 Å². The van der Waals surface area contributed by atoms with E-state index in [-0.39, 0.29) is 0 Å². The molecule has 2 heteroatoms. The third kappa shape index (κ3) is 6.74. The largest absolute Gasteiger partial charge is 0.338 e. The van der Waals surface area contributed by atoms with Crippen molar-refractivity contribution in [3.63, 3.8) is 0 Å². The molecular formula is C18H29NO. The molecule has 0 saturated carbocycles. The molecule has 0 radical (unpaired) electrons. The fourth-order valence-electron chi connectivity index (χ4n) is 2.16. The average Bonchev–Trinajstić information content (AvgIpc) is 2.36. The lowest BCUT2D eigenvalue weighted by Gasteiger charge is -2.29. The van der Waals surface area contributed by atoms with Crippen LogP contribution in [-0.4, -0.2) is 23.9 Å². The first kappa shape index (κ1) is 16.7. The van der Waals surface area contributed by atoms with Crippen LogP contribution >= 0.6 is 0 Å². The molecule has 1 fully saturated rings. The number of hydrogen-bond donors (Lipinski definition) is 0. The van der Waals surface area contributed by atoms with Crippen molar-refractivity contribution < 1.29 is 4.79 Å². The normalized spacial score (nSPS) is 16.2. The van der Waals surface area contributed by atoms with Crippen LogP contribution in [0.4, 0.5) is 0 Å². The van der Waals surface area contributed by atoms with Gasteiger partial charge in [-0.05, 0) is 53.4 Å². The summed E-state index contributed by atoms with van der Waals surface area (Å²) in [6.45, 7) is 10.4. The molecule has 0 bridgehead atoms. The Labute approximate surface area is 124 Å². The van der Waals surface area contributed by atoms with Crippen molar-refractivity contribution in [3.05, 3.63) is 34.9 Å². The van der Waals surface area contributed by atoms with Gasteiger partial charge < -0.3 is 4.90 Å². The van der Waals surface area contributed by atoms with Crippen LogP contribution in [0, 0.1) is 0 Å². The first-order chi connectivity index (χ1) is 9.49. The van der Waals surface area contributed by atoms with Crippen molar-refractivity contribution in [1.29, 1.82) is 0 Å². The fourth-order valence-corrected chi connectivity index (χ4v) is 2.16. The second-order valence-electron chi connectivity index (χ2n) is 6.05. The summed E-state index contributed by atoms with van der Waals surface area (Å²) in [4.78, 5) is 13.1. The van der Waals surface area contributed by atoms with Gasteiger partial charge in [0.15, 0.2) is 0 Å². The van der Waals surface area contributed by atoms with Crippen LogP contribution in [0.25, 0.3) is 0 Å². The van der Waals surface area contributed by atoms with E-state index >= 15 is 0 Å². The van der Waals surface area contributed by atoms with E-state index in [1.165, 1.54) is 16.7 Å². The van der Waals surface area contributed by atoms with Crippen LogP contribution in [0.2, 0.25) is 0 Å². The summed E-state index contributed by atoms with van der Waals surface area (Å²) in [6, 6.07) is 0. The molecule has 1 aliphatic heterocycles. The van der Waals surface area contributed by atoms with Crippen LogP contribution in [0.3, 0.4) is 0 Å². The molecule has 0 spiro atoms. The summed E-state index contributed by atoms with van der Waals surface area (Å²) in [5.74, 6) is 0.295. The predicted octanol–water partition coefficient (Wildman–Crippen LogP) is 4.64. The Bertz CT molecular complexity index is 411. The molecule has 0 N–H and O–H groups in total. The molecule has 0 aliphatic carbocycles. The molecule has 2 nitrogen and oxygen atoms in total. The number of β-lactam (4-membered cyclic amide) rings is 1. The Morgan fingerprint density at radius 1 is 1.00 bits per heavy atom. The van der Waals surface area contributed by atoms with Crippen molar-refractivity contribution >= 4 is 5.91 Å². The highest BCUT2D eigenvalue weighted by Gasteiger charge is 2.21. The number of allylic oxidation sites excluding steroid dienone is 5. The van der Waals surface area contributed by atoms with E-state index in [2.05, 4.69) is 45.9 Å². The first-order valence-electron chi connectivity index (χ1n) is 7.71. The van der Waals surface area contributed by atoms with Crippen LogP contribution in [0.1, 0.15) is 59.8 Å². The lowest BCUT2D eigenvalue weighted by Crippen LogP contribution is -2.43. The van der Waals surface area contributed by atoms with Gasteiger partial charge in [-0.1, -0.05) is 34.9 Å². The maximum Gasteiger partial charge on any atom is 0.224 e. The Balaban J connectivity index is 2.19. The summed E-state index contributed by atoms with van der Waals surface area (Å²) in [5, 5.41) is 0. The summed E-state index contributed by atoms with van der Waals surface area (Å²) < 4.78 is 0. The number of amides is 1. The summed E-state index contributed by atoms with van der Waals surface area (Å²) in [5.41, 5.74) is 4.27. The van der Waals surface area contributed by atoms with Gasteiger partial charge in [0.25, 0.3) is 0 Å². The second kappa shape index (κ2) is 8.78. The van der Waals surface area contributed by atoms with E-state index in [0.717, 1.165) is 45.2 Å². The zero-order valence-corrected chi connectivity index (χ0v) is 13.5. The maximum absolute atomic E-state index is 11.2. The van der Waals surface area contributed by atoms with Gasteiger partial charge >= 0.3 is 0 Å². The minimum atomic E-state index is 0.295. The van der Waals surface area contributed by atoms with Gasteiger partial charge in [-0.2, -0.15) is 0 Å². The number of rotatable bonds is 8. The van der Waals surface area contributed by atoms with Gasteiger partial charge in [0.2, 0.25) is 5.91 Å². The zero-order chi connectivity index (χ0) is 15.0. The number of hydrogen-bond acceptors (Lipinski definition) is 1. The highest BCUT2D eigenvalue weighted by molar-refractivity contribution is 5.81. The van der Waals surface area contributed by atoms with E-state index in [9.17, 15) is 4.79 Å². The van der Waals surface area contributed by atoms with Crippen LogP contribution in [0.5, 0.6) is 0 Å². The Morgan fingerprint density at radius 2 is 1.60 bits per heavy atom. The molecule has 0 atom stereocenters. The van der Waals surface area contributed by atoms with Crippen molar-refractivity contribution in [3.8, 4) is 0 Å². The molecule has 20 heavy (non-hydrogen) atoms. The minimum absolute atomic E-state index is 0.295. The minimum Gasteiger partial charge on any atom is -0.338 e. The number of carbonyl (C=O) groups excluding carboxylic acids is 1. The predicted molar refractivity (Wildman–Crippen MR) is 86.6 cm³/mol. The molecule has 1 amide bonds. The maximum atomic E-state index is 11.2. The lowest BCUT2D eigenvalue weighted by molar-refractivity contribution is -0.138. The highest BCUT2D eigenvalue weighted by Crippen LogP contribution is 2.13. The number of likely N-dealkylation sites (tertiary alicyclic amines) is 1. The molecule has 1 aliphatic rings. The monoisotopic (exact) mass is 275 g/mol. The Morgan fingerprint density at radius 3 is 2.10 bits per heavy atom. The van der Waals surface area contributed by atoms with Gasteiger partial charge in [0.05, 0.1) is 0 Å². The number of carbonyl (C=O) groups is 1. The van der Waals surface area contributed by atoms with E-state index in [1.54, 1.807) is 0 Å². The third-order valence-electron chi connectivity index (χ3n) is 3.73. The third-order valence-corrected chi connectivity index (χ3v) is 3.73. The zero-order valence-electron chi connectivity index (χ0n) is 13.5. The molecule has 0 aromatic heterocycles. The molecule has 0 unspecified atom stereocenters.